The van der Waals surface area contributed by atoms with Crippen molar-refractivity contribution in [2.45, 2.75) is 6.92 Å². The minimum atomic E-state index is -0.714. The summed E-state index contributed by atoms with van der Waals surface area (Å²) in [6, 6.07) is 4.30. The van der Waals surface area contributed by atoms with Crippen LogP contribution in [0.1, 0.15) is 6.92 Å². The molecular weight excluding hydrogens is 223 g/mol. The Morgan fingerprint density at radius 3 is 2.94 bits per heavy atom. The van der Waals surface area contributed by atoms with E-state index < -0.39 is 11.9 Å². The first-order chi connectivity index (χ1) is 8.17. The third kappa shape index (κ3) is 4.03. The Kier molecular flexibility index (Phi) is 4.82. The summed E-state index contributed by atoms with van der Waals surface area (Å²) in [4.78, 5) is 11.0. The van der Waals surface area contributed by atoms with Gasteiger partial charge in [0.2, 0.25) is 0 Å². The molecule has 1 amide bonds. The molecule has 0 saturated carbocycles. The normalized spacial score (nSPS) is 8.88. The van der Waals surface area contributed by atoms with E-state index in [0.717, 1.165) is 0 Å². The topological polar surface area (TPSA) is 50.4 Å². The molecule has 0 saturated heterocycles. The number of methoxy groups -OCH3 is 1. The van der Waals surface area contributed by atoms with Gasteiger partial charge in [-0.15, -0.1) is 5.92 Å². The largest absolute Gasteiger partial charge is 0.453 e. The van der Waals surface area contributed by atoms with Gasteiger partial charge in [-0.05, 0) is 25.1 Å². The van der Waals surface area contributed by atoms with Crippen molar-refractivity contribution in [1.82, 2.24) is 0 Å². The number of halogens is 1. The number of benzene rings is 1. The fourth-order valence-corrected chi connectivity index (χ4v) is 1.13. The molecule has 0 atom stereocenters. The van der Waals surface area contributed by atoms with Crippen LogP contribution in [0.15, 0.2) is 18.2 Å². The maximum absolute atomic E-state index is 13.3. The smallest absolute Gasteiger partial charge is 0.411 e. The zero-order chi connectivity index (χ0) is 12.7. The van der Waals surface area contributed by atoms with Crippen molar-refractivity contribution in [3.63, 3.8) is 0 Å². The average Bonchev–Trinajstić information content (AvgIpc) is 2.33. The first kappa shape index (κ1) is 12.8. The number of carbonyl (C=O) groups is 1. The molecule has 90 valence electrons. The van der Waals surface area contributed by atoms with Crippen molar-refractivity contribution in [2.75, 3.05) is 24.3 Å². The predicted octanol–water partition coefficient (Wildman–Crippen LogP) is 2.44. The van der Waals surface area contributed by atoms with Crippen LogP contribution in [0.3, 0.4) is 0 Å². The van der Waals surface area contributed by atoms with Crippen LogP contribution in [0.2, 0.25) is 0 Å². The minimum Gasteiger partial charge on any atom is -0.453 e. The quantitative estimate of drug-likeness (QED) is 0.792. The van der Waals surface area contributed by atoms with Crippen LogP contribution < -0.4 is 10.6 Å². The van der Waals surface area contributed by atoms with Crippen LogP contribution in [-0.4, -0.2) is 19.7 Å². The standard InChI is InChI=1S/C12H13FN2O2/c1-3-4-7-14-9-5-6-10(13)11(8-9)15-12(16)17-2/h5-6,8,14H,7H2,1-2H3,(H,15,16). The lowest BCUT2D eigenvalue weighted by Gasteiger charge is -2.08. The summed E-state index contributed by atoms with van der Waals surface area (Å²) in [6.07, 6.45) is -0.714. The minimum absolute atomic E-state index is 0.0614. The molecule has 1 aromatic rings. The van der Waals surface area contributed by atoms with Gasteiger partial charge >= 0.3 is 6.09 Å². The van der Waals surface area contributed by atoms with Crippen LogP contribution in [0, 0.1) is 17.7 Å². The van der Waals surface area contributed by atoms with E-state index >= 15 is 0 Å². The molecule has 4 nitrogen and oxygen atoms in total. The summed E-state index contributed by atoms with van der Waals surface area (Å²) in [5.41, 5.74) is 0.729. The molecule has 0 fully saturated rings. The lowest BCUT2D eigenvalue weighted by molar-refractivity contribution is 0.187. The molecule has 0 aliphatic rings. The first-order valence-electron chi connectivity index (χ1n) is 4.95. The SMILES string of the molecule is CC#CCNc1ccc(F)c(NC(=O)OC)c1. The highest BCUT2D eigenvalue weighted by atomic mass is 19.1. The van der Waals surface area contributed by atoms with Gasteiger partial charge in [-0.3, -0.25) is 5.32 Å². The fraction of sp³-hybridized carbons (Fsp3) is 0.250. The second-order valence-corrected chi connectivity index (χ2v) is 3.09. The Morgan fingerprint density at radius 1 is 1.53 bits per heavy atom. The number of rotatable bonds is 3. The number of hydrogen-bond acceptors (Lipinski definition) is 3. The first-order valence-corrected chi connectivity index (χ1v) is 4.95. The number of amides is 1. The fourth-order valence-electron chi connectivity index (χ4n) is 1.13. The molecule has 0 radical (unpaired) electrons. The van der Waals surface area contributed by atoms with Crippen LogP contribution in [0.5, 0.6) is 0 Å². The Balaban J connectivity index is 2.77. The lowest BCUT2D eigenvalue weighted by Crippen LogP contribution is -2.12. The maximum atomic E-state index is 13.3. The highest BCUT2D eigenvalue weighted by Gasteiger charge is 2.07. The van der Waals surface area contributed by atoms with Gasteiger partial charge in [0.25, 0.3) is 0 Å². The zero-order valence-corrected chi connectivity index (χ0v) is 9.63. The molecule has 0 spiro atoms. The number of anilines is 2. The third-order valence-corrected chi connectivity index (χ3v) is 1.95. The number of nitrogens with one attached hydrogen (secondary N) is 2. The number of carbonyl (C=O) groups excluding carboxylic acids is 1. The van der Waals surface area contributed by atoms with Crippen molar-refractivity contribution >= 4 is 17.5 Å². The molecular formula is C12H13FN2O2. The van der Waals surface area contributed by atoms with E-state index in [1.807, 2.05) is 0 Å². The maximum Gasteiger partial charge on any atom is 0.411 e. The highest BCUT2D eigenvalue weighted by Crippen LogP contribution is 2.19. The number of ether oxygens (including phenoxy) is 1. The molecule has 0 bridgehead atoms. The summed E-state index contributed by atoms with van der Waals surface area (Å²) in [5.74, 6) is 5.02. The van der Waals surface area contributed by atoms with Crippen molar-refractivity contribution in [3.05, 3.63) is 24.0 Å². The molecule has 17 heavy (non-hydrogen) atoms. The molecule has 5 heteroatoms. The van der Waals surface area contributed by atoms with Gasteiger partial charge in [-0.2, -0.15) is 0 Å². The van der Waals surface area contributed by atoms with E-state index in [1.165, 1.54) is 19.2 Å². The summed E-state index contributed by atoms with van der Waals surface area (Å²) >= 11 is 0. The number of hydrogen-bond donors (Lipinski definition) is 2. The van der Waals surface area contributed by atoms with Gasteiger partial charge in [0.05, 0.1) is 19.3 Å². The van der Waals surface area contributed by atoms with Crippen LogP contribution in [0.25, 0.3) is 0 Å². The van der Waals surface area contributed by atoms with Gasteiger partial charge in [0.15, 0.2) is 0 Å². The molecule has 0 aromatic heterocycles. The molecule has 0 aliphatic heterocycles. The Hall–Kier alpha value is -2.22. The van der Waals surface area contributed by atoms with Gasteiger partial charge in [-0.1, -0.05) is 5.92 Å². The van der Waals surface area contributed by atoms with Crippen molar-refractivity contribution < 1.29 is 13.9 Å². The van der Waals surface area contributed by atoms with E-state index in [1.54, 1.807) is 13.0 Å². The summed E-state index contributed by atoms with van der Waals surface area (Å²) in [5, 5.41) is 5.25. The average molecular weight is 236 g/mol. The van der Waals surface area contributed by atoms with E-state index in [9.17, 15) is 9.18 Å². The lowest BCUT2D eigenvalue weighted by atomic mass is 10.2. The zero-order valence-electron chi connectivity index (χ0n) is 9.63. The van der Waals surface area contributed by atoms with E-state index in [-0.39, 0.29) is 5.69 Å². The van der Waals surface area contributed by atoms with Gasteiger partial charge < -0.3 is 10.1 Å². The molecule has 1 aromatic carbocycles. The second kappa shape index (κ2) is 6.38. The Bertz CT molecular complexity index is 463. The van der Waals surface area contributed by atoms with Crippen molar-refractivity contribution in [2.24, 2.45) is 0 Å². The Labute approximate surface area is 99.2 Å². The van der Waals surface area contributed by atoms with Crippen LogP contribution in [-0.2, 0) is 4.74 Å². The second-order valence-electron chi connectivity index (χ2n) is 3.09. The van der Waals surface area contributed by atoms with E-state index in [4.69, 9.17) is 0 Å². The van der Waals surface area contributed by atoms with Crippen LogP contribution in [0.4, 0.5) is 20.6 Å². The highest BCUT2D eigenvalue weighted by molar-refractivity contribution is 5.85. The van der Waals surface area contributed by atoms with Gasteiger partial charge in [-0.25, -0.2) is 9.18 Å². The molecule has 0 aliphatic carbocycles. The molecule has 1 rings (SSSR count). The molecule has 2 N–H and O–H groups in total. The summed E-state index contributed by atoms with van der Waals surface area (Å²) < 4.78 is 17.7. The monoisotopic (exact) mass is 236 g/mol. The van der Waals surface area contributed by atoms with Gasteiger partial charge in [0.1, 0.15) is 5.82 Å². The van der Waals surface area contributed by atoms with Crippen molar-refractivity contribution in [1.29, 1.82) is 0 Å². The van der Waals surface area contributed by atoms with Gasteiger partial charge in [0, 0.05) is 5.69 Å². The summed E-state index contributed by atoms with van der Waals surface area (Å²) in [6.45, 7) is 2.19. The summed E-state index contributed by atoms with van der Waals surface area (Å²) in [7, 11) is 1.21. The predicted molar refractivity (Wildman–Crippen MR) is 64.4 cm³/mol. The third-order valence-electron chi connectivity index (χ3n) is 1.95. The molecule has 0 unspecified atom stereocenters. The van der Waals surface area contributed by atoms with E-state index in [0.29, 0.717) is 12.2 Å². The Morgan fingerprint density at radius 2 is 2.29 bits per heavy atom. The molecule has 0 heterocycles. The van der Waals surface area contributed by atoms with Crippen LogP contribution >= 0.6 is 0 Å². The van der Waals surface area contributed by atoms with E-state index in [2.05, 4.69) is 27.2 Å². The van der Waals surface area contributed by atoms with Crippen molar-refractivity contribution in [3.8, 4) is 11.8 Å².